The molecule has 2 rings (SSSR count). The topological polar surface area (TPSA) is 55.8 Å². The summed E-state index contributed by atoms with van der Waals surface area (Å²) in [5, 5.41) is 0.851. The summed E-state index contributed by atoms with van der Waals surface area (Å²) in [4.78, 5) is 27.7. The Kier molecular flexibility index (Phi) is 3.39. The van der Waals surface area contributed by atoms with Gasteiger partial charge in [0.1, 0.15) is 12.4 Å². The van der Waals surface area contributed by atoms with E-state index in [4.69, 9.17) is 9.57 Å². The third kappa shape index (κ3) is 2.62. The summed E-state index contributed by atoms with van der Waals surface area (Å²) in [6.07, 6.45) is 0.475. The molecule has 0 aromatic heterocycles. The van der Waals surface area contributed by atoms with Gasteiger partial charge in [-0.2, -0.15) is 5.06 Å². The molecule has 90 valence electrons. The van der Waals surface area contributed by atoms with Crippen LogP contribution in [0.15, 0.2) is 24.3 Å². The summed E-state index contributed by atoms with van der Waals surface area (Å²) in [7, 11) is 1.59. The zero-order chi connectivity index (χ0) is 12.3. The minimum atomic E-state index is -0.275. The van der Waals surface area contributed by atoms with Crippen molar-refractivity contribution in [3.63, 3.8) is 0 Å². The normalized spacial score (nSPS) is 15.5. The van der Waals surface area contributed by atoms with Gasteiger partial charge in [0.05, 0.1) is 7.11 Å². The molecule has 0 N–H and O–H groups in total. The molecule has 0 unspecified atom stereocenters. The molecule has 1 fully saturated rings. The highest BCUT2D eigenvalue weighted by Gasteiger charge is 2.30. The Balaban J connectivity index is 1.93. The van der Waals surface area contributed by atoms with Gasteiger partial charge in [-0.05, 0) is 17.7 Å². The largest absolute Gasteiger partial charge is 0.497 e. The summed E-state index contributed by atoms with van der Waals surface area (Å²) in [5.41, 5.74) is 0.873. The number of hydroxylamine groups is 2. The monoisotopic (exact) mass is 235 g/mol. The first-order chi connectivity index (χ1) is 8.20. The highest BCUT2D eigenvalue weighted by molar-refractivity contribution is 6.00. The van der Waals surface area contributed by atoms with E-state index < -0.39 is 0 Å². The fourth-order valence-corrected chi connectivity index (χ4v) is 1.56. The van der Waals surface area contributed by atoms with Crippen LogP contribution in [0.1, 0.15) is 18.4 Å². The SMILES string of the molecule is COc1ccc(CON2C(=O)CCC2=O)cc1. The predicted molar refractivity (Wildman–Crippen MR) is 58.9 cm³/mol. The Labute approximate surface area is 98.9 Å². The van der Waals surface area contributed by atoms with Crippen molar-refractivity contribution in [2.75, 3.05) is 7.11 Å². The van der Waals surface area contributed by atoms with Crippen LogP contribution in [-0.4, -0.2) is 24.0 Å². The Morgan fingerprint density at radius 1 is 1.12 bits per heavy atom. The summed E-state index contributed by atoms with van der Waals surface area (Å²) >= 11 is 0. The van der Waals surface area contributed by atoms with Crippen molar-refractivity contribution in [2.45, 2.75) is 19.4 Å². The van der Waals surface area contributed by atoms with Gasteiger partial charge in [-0.1, -0.05) is 12.1 Å². The molecule has 1 aromatic rings. The van der Waals surface area contributed by atoms with Gasteiger partial charge in [0, 0.05) is 12.8 Å². The van der Waals surface area contributed by atoms with E-state index >= 15 is 0 Å². The third-order valence-corrected chi connectivity index (χ3v) is 2.53. The Hall–Kier alpha value is -1.88. The molecule has 2 amide bonds. The van der Waals surface area contributed by atoms with Crippen LogP contribution in [0.3, 0.4) is 0 Å². The molecule has 1 heterocycles. The van der Waals surface area contributed by atoms with E-state index in [0.29, 0.717) is 0 Å². The summed E-state index contributed by atoms with van der Waals surface area (Å²) in [6.45, 7) is 0.196. The number of rotatable bonds is 4. The smallest absolute Gasteiger partial charge is 0.254 e. The molecule has 17 heavy (non-hydrogen) atoms. The minimum Gasteiger partial charge on any atom is -0.497 e. The molecule has 1 aliphatic rings. The lowest BCUT2D eigenvalue weighted by Crippen LogP contribution is -2.28. The van der Waals surface area contributed by atoms with Gasteiger partial charge in [0.25, 0.3) is 11.8 Å². The van der Waals surface area contributed by atoms with Crippen molar-refractivity contribution in [3.05, 3.63) is 29.8 Å². The van der Waals surface area contributed by atoms with Gasteiger partial charge in [0.2, 0.25) is 0 Å². The van der Waals surface area contributed by atoms with Crippen molar-refractivity contribution in [1.29, 1.82) is 0 Å². The lowest BCUT2D eigenvalue weighted by Gasteiger charge is -2.13. The molecule has 0 saturated carbocycles. The number of ether oxygens (including phenoxy) is 1. The minimum absolute atomic E-state index is 0.196. The highest BCUT2D eigenvalue weighted by Crippen LogP contribution is 2.16. The number of carbonyl (C=O) groups excluding carboxylic acids is 2. The Morgan fingerprint density at radius 3 is 2.24 bits per heavy atom. The number of carbonyl (C=O) groups is 2. The quantitative estimate of drug-likeness (QED) is 0.737. The molecule has 0 aliphatic carbocycles. The second-order valence-electron chi connectivity index (χ2n) is 3.70. The molecule has 5 heteroatoms. The Morgan fingerprint density at radius 2 is 1.71 bits per heavy atom. The van der Waals surface area contributed by atoms with Gasteiger partial charge in [-0.3, -0.25) is 14.4 Å². The lowest BCUT2D eigenvalue weighted by molar-refractivity contribution is -0.191. The molecule has 1 saturated heterocycles. The van der Waals surface area contributed by atoms with E-state index in [9.17, 15) is 9.59 Å². The standard InChI is InChI=1S/C12H13NO4/c1-16-10-4-2-9(3-5-10)8-17-13-11(14)6-7-12(13)15/h2-5H,6-8H2,1H3. The first-order valence-electron chi connectivity index (χ1n) is 5.32. The number of nitrogens with zero attached hydrogens (tertiary/aromatic N) is 1. The summed E-state index contributed by atoms with van der Waals surface area (Å²) in [6, 6.07) is 7.24. The molecular weight excluding hydrogens is 222 g/mol. The highest BCUT2D eigenvalue weighted by atomic mass is 16.7. The van der Waals surface area contributed by atoms with Crippen molar-refractivity contribution in [3.8, 4) is 5.75 Å². The first-order valence-corrected chi connectivity index (χ1v) is 5.32. The van der Waals surface area contributed by atoms with Crippen molar-refractivity contribution >= 4 is 11.8 Å². The fraction of sp³-hybridized carbons (Fsp3) is 0.333. The van der Waals surface area contributed by atoms with Gasteiger partial charge < -0.3 is 4.74 Å². The second-order valence-corrected chi connectivity index (χ2v) is 3.70. The van der Waals surface area contributed by atoms with Crippen LogP contribution < -0.4 is 4.74 Å². The van der Waals surface area contributed by atoms with Crippen LogP contribution in [0, 0.1) is 0 Å². The molecule has 0 bridgehead atoms. The predicted octanol–water partition coefficient (Wildman–Crippen LogP) is 1.28. The van der Waals surface area contributed by atoms with Crippen LogP contribution in [0.5, 0.6) is 5.75 Å². The van der Waals surface area contributed by atoms with Crippen molar-refractivity contribution in [1.82, 2.24) is 5.06 Å². The molecule has 0 atom stereocenters. The van der Waals surface area contributed by atoms with Gasteiger partial charge in [0.15, 0.2) is 0 Å². The van der Waals surface area contributed by atoms with Crippen molar-refractivity contribution in [2.24, 2.45) is 0 Å². The maximum atomic E-state index is 11.3. The number of methoxy groups -OCH3 is 1. The number of hydrogen-bond donors (Lipinski definition) is 0. The molecule has 0 spiro atoms. The molecule has 5 nitrogen and oxygen atoms in total. The van der Waals surface area contributed by atoms with Crippen LogP contribution in [0.2, 0.25) is 0 Å². The zero-order valence-electron chi connectivity index (χ0n) is 9.51. The van der Waals surface area contributed by atoms with Crippen molar-refractivity contribution < 1.29 is 19.2 Å². The molecule has 1 aliphatic heterocycles. The second kappa shape index (κ2) is 4.97. The number of imide groups is 1. The molecule has 0 radical (unpaired) electrons. The van der Waals surface area contributed by atoms with Crippen LogP contribution in [0.25, 0.3) is 0 Å². The zero-order valence-corrected chi connectivity index (χ0v) is 9.51. The number of benzene rings is 1. The Bertz CT molecular complexity index is 411. The fourth-order valence-electron chi connectivity index (χ4n) is 1.56. The van der Waals surface area contributed by atoms with Crippen LogP contribution in [-0.2, 0) is 21.0 Å². The van der Waals surface area contributed by atoms with Gasteiger partial charge >= 0.3 is 0 Å². The maximum Gasteiger partial charge on any atom is 0.254 e. The van der Waals surface area contributed by atoms with E-state index in [-0.39, 0.29) is 31.3 Å². The van der Waals surface area contributed by atoms with Gasteiger partial charge in [-0.25, -0.2) is 0 Å². The van der Waals surface area contributed by atoms with Gasteiger partial charge in [-0.15, -0.1) is 0 Å². The number of amides is 2. The average Bonchev–Trinajstić information content (AvgIpc) is 2.67. The molecular formula is C12H13NO4. The van der Waals surface area contributed by atoms with E-state index in [0.717, 1.165) is 16.4 Å². The maximum absolute atomic E-state index is 11.3. The molecule has 1 aromatic carbocycles. The van der Waals surface area contributed by atoms with E-state index in [2.05, 4.69) is 0 Å². The van der Waals surface area contributed by atoms with Crippen LogP contribution >= 0.6 is 0 Å². The summed E-state index contributed by atoms with van der Waals surface area (Å²) in [5.74, 6) is 0.203. The lowest BCUT2D eigenvalue weighted by atomic mass is 10.2. The van der Waals surface area contributed by atoms with E-state index in [1.54, 1.807) is 19.2 Å². The first kappa shape index (κ1) is 11.6. The average molecular weight is 235 g/mol. The van der Waals surface area contributed by atoms with Crippen LogP contribution in [0.4, 0.5) is 0 Å². The summed E-state index contributed by atoms with van der Waals surface area (Å²) < 4.78 is 5.02. The van der Waals surface area contributed by atoms with E-state index in [1.165, 1.54) is 0 Å². The van der Waals surface area contributed by atoms with E-state index in [1.807, 2.05) is 12.1 Å². The number of hydrogen-bond acceptors (Lipinski definition) is 4. The third-order valence-electron chi connectivity index (χ3n) is 2.53.